The summed E-state index contributed by atoms with van der Waals surface area (Å²) in [4.78, 5) is 16.8. The number of pyridine rings is 1. The van der Waals surface area contributed by atoms with Gasteiger partial charge in [0.2, 0.25) is 5.91 Å². The van der Waals surface area contributed by atoms with Crippen molar-refractivity contribution in [3.8, 4) is 11.5 Å². The third-order valence-electron chi connectivity index (χ3n) is 4.16. The van der Waals surface area contributed by atoms with Gasteiger partial charge in [-0.3, -0.25) is 4.79 Å². The van der Waals surface area contributed by atoms with Gasteiger partial charge in [-0.2, -0.15) is 0 Å². The van der Waals surface area contributed by atoms with E-state index in [0.717, 1.165) is 23.3 Å². The highest BCUT2D eigenvalue weighted by Gasteiger charge is 2.17. The molecule has 1 aliphatic rings. The average molecular weight is 406 g/mol. The van der Waals surface area contributed by atoms with Gasteiger partial charge in [0.25, 0.3) is 0 Å². The first-order valence-corrected chi connectivity index (χ1v) is 9.32. The summed E-state index contributed by atoms with van der Waals surface area (Å²) >= 11 is 12.2. The molecule has 1 amide bonds. The molecule has 0 aliphatic carbocycles. The zero-order valence-electron chi connectivity index (χ0n) is 14.4. The average Bonchev–Trinajstić information content (AvgIpc) is 2.87. The summed E-state index contributed by atoms with van der Waals surface area (Å²) in [6.45, 7) is 1.46. The minimum Gasteiger partial charge on any atom is -0.489 e. The summed E-state index contributed by atoms with van der Waals surface area (Å²) < 4.78 is 13.1. The van der Waals surface area contributed by atoms with Gasteiger partial charge >= 0.3 is 0 Å². The van der Waals surface area contributed by atoms with Crippen LogP contribution in [0.5, 0.6) is 11.5 Å². The summed E-state index contributed by atoms with van der Waals surface area (Å²) in [5, 5.41) is 3.95. The largest absolute Gasteiger partial charge is 0.489 e. The van der Waals surface area contributed by atoms with Crippen molar-refractivity contribution < 1.29 is 14.3 Å². The molecule has 8 heteroatoms. The summed E-state index contributed by atoms with van der Waals surface area (Å²) in [5.74, 6) is 0.998. The number of imidazole rings is 1. The van der Waals surface area contributed by atoms with Crippen molar-refractivity contribution in [2.45, 2.75) is 19.4 Å². The number of hydrogen-bond donors (Lipinski definition) is 1. The first-order valence-electron chi connectivity index (χ1n) is 8.56. The van der Waals surface area contributed by atoms with Crippen molar-refractivity contribution in [3.05, 3.63) is 58.0 Å². The molecule has 0 fully saturated rings. The summed E-state index contributed by atoms with van der Waals surface area (Å²) in [5.41, 5.74) is 2.30. The Labute approximate surface area is 166 Å². The number of nitrogens with zero attached hydrogens (tertiary/aromatic N) is 2. The van der Waals surface area contributed by atoms with E-state index in [9.17, 15) is 4.79 Å². The van der Waals surface area contributed by atoms with Crippen molar-refractivity contribution in [2.75, 3.05) is 13.2 Å². The van der Waals surface area contributed by atoms with E-state index in [4.69, 9.17) is 32.7 Å². The minimum atomic E-state index is -0.129. The second-order valence-corrected chi connectivity index (χ2v) is 7.10. The highest BCUT2D eigenvalue weighted by molar-refractivity contribution is 6.32. The molecule has 0 radical (unpaired) electrons. The molecule has 140 valence electrons. The van der Waals surface area contributed by atoms with Crippen LogP contribution in [-0.2, 0) is 17.8 Å². The topological polar surface area (TPSA) is 64.9 Å². The molecule has 1 aromatic carbocycles. The number of aromatic nitrogens is 2. The van der Waals surface area contributed by atoms with Crippen molar-refractivity contribution in [2.24, 2.45) is 0 Å². The highest BCUT2D eigenvalue weighted by Crippen LogP contribution is 2.38. The molecule has 3 heterocycles. The molecule has 0 saturated heterocycles. The Balaban J connectivity index is 1.41. The lowest BCUT2D eigenvalue weighted by molar-refractivity contribution is -0.120. The highest BCUT2D eigenvalue weighted by atomic mass is 35.5. The van der Waals surface area contributed by atoms with E-state index >= 15 is 0 Å². The molecule has 1 aliphatic heterocycles. The fourth-order valence-corrected chi connectivity index (χ4v) is 3.38. The van der Waals surface area contributed by atoms with Crippen LogP contribution in [0.15, 0.2) is 36.7 Å². The number of ether oxygens (including phenoxy) is 2. The van der Waals surface area contributed by atoms with Gasteiger partial charge < -0.3 is 19.2 Å². The number of carbonyl (C=O) groups is 1. The van der Waals surface area contributed by atoms with Gasteiger partial charge in [-0.1, -0.05) is 23.2 Å². The number of nitrogens with one attached hydrogen (secondary N) is 1. The quantitative estimate of drug-likeness (QED) is 0.718. The molecule has 6 nitrogen and oxygen atoms in total. The van der Waals surface area contributed by atoms with Crippen LogP contribution in [0, 0.1) is 0 Å². The lowest BCUT2D eigenvalue weighted by Crippen LogP contribution is -2.24. The third-order valence-corrected chi connectivity index (χ3v) is 4.66. The van der Waals surface area contributed by atoms with Gasteiger partial charge in [0, 0.05) is 18.8 Å². The number of rotatable bonds is 4. The van der Waals surface area contributed by atoms with Gasteiger partial charge in [0.15, 0.2) is 11.5 Å². The Hall–Kier alpha value is -2.44. The van der Waals surface area contributed by atoms with Gasteiger partial charge in [-0.25, -0.2) is 4.98 Å². The van der Waals surface area contributed by atoms with Gasteiger partial charge in [0.05, 0.1) is 41.9 Å². The number of hydrogen-bond acceptors (Lipinski definition) is 4. The molecular formula is C19H17Cl2N3O3. The van der Waals surface area contributed by atoms with Gasteiger partial charge in [-0.15, -0.1) is 0 Å². The van der Waals surface area contributed by atoms with Crippen LogP contribution in [0.2, 0.25) is 10.0 Å². The lowest BCUT2D eigenvalue weighted by atomic mass is 10.1. The Morgan fingerprint density at radius 3 is 2.93 bits per heavy atom. The van der Waals surface area contributed by atoms with Crippen LogP contribution in [0.4, 0.5) is 0 Å². The number of halogens is 2. The number of carbonyl (C=O) groups excluding carboxylic acids is 1. The van der Waals surface area contributed by atoms with Crippen LogP contribution < -0.4 is 14.8 Å². The Bertz CT molecular complexity index is 1000. The maximum absolute atomic E-state index is 12.3. The van der Waals surface area contributed by atoms with Crippen molar-refractivity contribution >= 4 is 34.8 Å². The Morgan fingerprint density at radius 1 is 1.19 bits per heavy atom. The summed E-state index contributed by atoms with van der Waals surface area (Å²) in [6, 6.07) is 7.15. The zero-order chi connectivity index (χ0) is 18.8. The van der Waals surface area contributed by atoms with Gasteiger partial charge in [0.1, 0.15) is 5.65 Å². The number of amides is 1. The van der Waals surface area contributed by atoms with Crippen LogP contribution in [0.1, 0.15) is 17.7 Å². The van der Waals surface area contributed by atoms with E-state index in [1.807, 2.05) is 16.7 Å². The van der Waals surface area contributed by atoms with Crippen molar-refractivity contribution in [1.82, 2.24) is 14.7 Å². The minimum absolute atomic E-state index is 0.129. The van der Waals surface area contributed by atoms with Crippen LogP contribution >= 0.6 is 23.2 Å². The monoisotopic (exact) mass is 405 g/mol. The molecule has 2 aromatic heterocycles. The Morgan fingerprint density at radius 2 is 2.04 bits per heavy atom. The maximum Gasteiger partial charge on any atom is 0.224 e. The fourth-order valence-electron chi connectivity index (χ4n) is 2.93. The molecule has 0 unspecified atom stereocenters. The van der Waals surface area contributed by atoms with E-state index in [-0.39, 0.29) is 12.3 Å². The molecule has 4 rings (SSSR count). The second-order valence-electron chi connectivity index (χ2n) is 6.25. The van der Waals surface area contributed by atoms with Crippen LogP contribution in [-0.4, -0.2) is 28.5 Å². The standard InChI is InChI=1S/C19H17Cl2N3O3/c20-13-2-3-17-23-14(11-24(17)10-13)9-22-18(25)8-12-6-15(21)19-16(7-12)26-4-1-5-27-19/h2-3,6-7,10-11H,1,4-5,8-9H2,(H,22,25). The van der Waals surface area contributed by atoms with E-state index in [2.05, 4.69) is 10.3 Å². The molecule has 3 aromatic rings. The van der Waals surface area contributed by atoms with Crippen LogP contribution in [0.3, 0.4) is 0 Å². The summed E-state index contributed by atoms with van der Waals surface area (Å²) in [6.07, 6.45) is 4.60. The first-order chi connectivity index (χ1) is 13.1. The molecule has 0 atom stereocenters. The number of benzene rings is 1. The van der Waals surface area contributed by atoms with Crippen molar-refractivity contribution in [1.29, 1.82) is 0 Å². The first kappa shape index (κ1) is 17.9. The third kappa shape index (κ3) is 4.12. The Kier molecular flexibility index (Phi) is 5.09. The normalized spacial score (nSPS) is 13.4. The molecule has 0 saturated carbocycles. The molecule has 0 bridgehead atoms. The maximum atomic E-state index is 12.3. The second kappa shape index (κ2) is 7.66. The van der Waals surface area contributed by atoms with E-state index < -0.39 is 0 Å². The molecular weight excluding hydrogens is 389 g/mol. The number of fused-ring (bicyclic) bond motifs is 2. The SMILES string of the molecule is O=C(Cc1cc(Cl)c2c(c1)OCCCO2)NCc1cn2cc(Cl)ccc2n1. The molecule has 27 heavy (non-hydrogen) atoms. The lowest BCUT2D eigenvalue weighted by Gasteiger charge is -2.11. The van der Waals surface area contributed by atoms with Crippen LogP contribution in [0.25, 0.3) is 5.65 Å². The van der Waals surface area contributed by atoms with E-state index in [0.29, 0.717) is 41.3 Å². The smallest absolute Gasteiger partial charge is 0.224 e. The molecule has 0 spiro atoms. The molecule has 1 N–H and O–H groups in total. The predicted octanol–water partition coefficient (Wildman–Crippen LogP) is 3.66. The summed E-state index contributed by atoms with van der Waals surface area (Å²) in [7, 11) is 0. The zero-order valence-corrected chi connectivity index (χ0v) is 15.9. The fraction of sp³-hybridized carbons (Fsp3) is 0.263. The van der Waals surface area contributed by atoms with Gasteiger partial charge in [-0.05, 0) is 29.8 Å². The predicted molar refractivity (Wildman–Crippen MR) is 103 cm³/mol. The van der Waals surface area contributed by atoms with E-state index in [1.54, 1.807) is 24.4 Å². The van der Waals surface area contributed by atoms with E-state index in [1.165, 1.54) is 0 Å². The van der Waals surface area contributed by atoms with Crippen molar-refractivity contribution in [3.63, 3.8) is 0 Å².